The highest BCUT2D eigenvalue weighted by Gasteiger charge is 2.46. The number of ether oxygens (including phenoxy) is 1. The van der Waals surface area contributed by atoms with Crippen molar-refractivity contribution in [3.05, 3.63) is 64.7 Å². The lowest BCUT2D eigenvalue weighted by molar-refractivity contribution is -0.140. The second-order valence-electron chi connectivity index (χ2n) is 7.79. The zero-order chi connectivity index (χ0) is 23.4. The topological polar surface area (TPSA) is 90.3 Å². The number of hydrogen-bond donors (Lipinski definition) is 2. The number of benzene rings is 2. The smallest absolute Gasteiger partial charge is 0.295 e. The maximum atomic E-state index is 13.1. The van der Waals surface area contributed by atoms with Crippen molar-refractivity contribution in [2.75, 3.05) is 33.3 Å². The van der Waals surface area contributed by atoms with Crippen molar-refractivity contribution >= 4 is 17.4 Å². The molecule has 0 bridgehead atoms. The highest BCUT2D eigenvalue weighted by atomic mass is 16.5. The highest BCUT2D eigenvalue weighted by Crippen LogP contribution is 2.40. The quantitative estimate of drug-likeness (QED) is 0.373. The SMILES string of the molecule is CCN(CC)CCN1C(=O)C(=O)/C(=C(/O)c2ccc(OC)cc2C)[C@@H]1c1ccc(O)cc1. The van der Waals surface area contributed by atoms with Crippen LogP contribution in [-0.2, 0) is 9.59 Å². The first kappa shape index (κ1) is 23.3. The van der Waals surface area contributed by atoms with Crippen LogP contribution in [0.4, 0.5) is 0 Å². The molecule has 3 rings (SSSR count). The molecule has 1 atom stereocenters. The van der Waals surface area contributed by atoms with Gasteiger partial charge in [0.15, 0.2) is 0 Å². The van der Waals surface area contributed by atoms with Crippen molar-refractivity contribution in [2.45, 2.75) is 26.8 Å². The molecule has 170 valence electrons. The second-order valence-corrected chi connectivity index (χ2v) is 7.79. The molecule has 0 aliphatic carbocycles. The molecule has 0 spiro atoms. The van der Waals surface area contributed by atoms with E-state index in [1.165, 1.54) is 17.0 Å². The Labute approximate surface area is 188 Å². The molecule has 0 aromatic heterocycles. The number of methoxy groups -OCH3 is 1. The number of hydrogen-bond acceptors (Lipinski definition) is 6. The number of aromatic hydroxyl groups is 1. The molecule has 0 saturated carbocycles. The Kier molecular flexibility index (Phi) is 7.20. The van der Waals surface area contributed by atoms with Gasteiger partial charge >= 0.3 is 0 Å². The van der Waals surface area contributed by atoms with Gasteiger partial charge in [-0.25, -0.2) is 0 Å². The fraction of sp³-hybridized carbons (Fsp3) is 0.360. The first-order valence-electron chi connectivity index (χ1n) is 10.8. The summed E-state index contributed by atoms with van der Waals surface area (Å²) in [7, 11) is 1.56. The molecule has 1 saturated heterocycles. The summed E-state index contributed by atoms with van der Waals surface area (Å²) in [5.74, 6) is -0.848. The van der Waals surface area contributed by atoms with Gasteiger partial charge in [0.1, 0.15) is 17.3 Å². The van der Waals surface area contributed by atoms with E-state index in [4.69, 9.17) is 4.74 Å². The number of phenolic OH excluding ortho intramolecular Hbond substituents is 1. The van der Waals surface area contributed by atoms with Crippen molar-refractivity contribution in [3.63, 3.8) is 0 Å². The zero-order valence-electron chi connectivity index (χ0n) is 19.0. The Bertz CT molecular complexity index is 1030. The Morgan fingerprint density at radius 1 is 1.09 bits per heavy atom. The van der Waals surface area contributed by atoms with E-state index in [1.54, 1.807) is 37.4 Å². The normalized spacial score (nSPS) is 17.9. The number of aryl methyl sites for hydroxylation is 1. The molecule has 7 heteroatoms. The summed E-state index contributed by atoms with van der Waals surface area (Å²) in [5, 5.41) is 20.9. The van der Waals surface area contributed by atoms with Gasteiger partial charge in [0.05, 0.1) is 18.7 Å². The Morgan fingerprint density at radius 3 is 2.31 bits per heavy atom. The molecule has 1 fully saturated rings. The monoisotopic (exact) mass is 438 g/mol. The lowest BCUT2D eigenvalue weighted by Gasteiger charge is -2.28. The van der Waals surface area contributed by atoms with Gasteiger partial charge in [0.2, 0.25) is 0 Å². The van der Waals surface area contributed by atoms with E-state index in [1.807, 2.05) is 20.8 Å². The van der Waals surface area contributed by atoms with E-state index in [2.05, 4.69) is 4.90 Å². The van der Waals surface area contributed by atoms with Gasteiger partial charge in [-0.1, -0.05) is 26.0 Å². The minimum absolute atomic E-state index is 0.0495. The van der Waals surface area contributed by atoms with E-state index < -0.39 is 17.7 Å². The van der Waals surface area contributed by atoms with Crippen LogP contribution in [0.3, 0.4) is 0 Å². The third kappa shape index (κ3) is 4.48. The van der Waals surface area contributed by atoms with Crippen molar-refractivity contribution in [2.24, 2.45) is 0 Å². The van der Waals surface area contributed by atoms with Crippen molar-refractivity contribution in [1.82, 2.24) is 9.80 Å². The Balaban J connectivity index is 2.12. The zero-order valence-corrected chi connectivity index (χ0v) is 19.0. The van der Waals surface area contributed by atoms with Crippen LogP contribution in [0.5, 0.6) is 11.5 Å². The van der Waals surface area contributed by atoms with E-state index >= 15 is 0 Å². The van der Waals surface area contributed by atoms with Crippen molar-refractivity contribution < 1.29 is 24.5 Å². The molecule has 1 aliphatic heterocycles. The fourth-order valence-electron chi connectivity index (χ4n) is 4.08. The van der Waals surface area contributed by atoms with Gasteiger partial charge in [-0.3, -0.25) is 9.59 Å². The molecule has 32 heavy (non-hydrogen) atoms. The van der Waals surface area contributed by atoms with E-state index in [0.717, 1.165) is 18.7 Å². The molecule has 2 aromatic carbocycles. The number of aliphatic hydroxyl groups excluding tert-OH is 1. The molecule has 1 amide bonds. The number of amides is 1. The lowest BCUT2D eigenvalue weighted by atomic mass is 9.94. The van der Waals surface area contributed by atoms with Crippen LogP contribution in [0, 0.1) is 6.92 Å². The van der Waals surface area contributed by atoms with Crippen LogP contribution >= 0.6 is 0 Å². The van der Waals surface area contributed by atoms with Gasteiger partial charge in [0.25, 0.3) is 11.7 Å². The average molecular weight is 439 g/mol. The number of aliphatic hydroxyl groups is 1. The molecule has 0 radical (unpaired) electrons. The summed E-state index contributed by atoms with van der Waals surface area (Å²) in [6.07, 6.45) is 0. The molecule has 7 nitrogen and oxygen atoms in total. The van der Waals surface area contributed by atoms with Crippen molar-refractivity contribution in [3.8, 4) is 11.5 Å². The number of carbonyl (C=O) groups excluding carboxylic acids is 2. The fourth-order valence-corrected chi connectivity index (χ4v) is 4.08. The third-order valence-corrected chi connectivity index (χ3v) is 5.99. The largest absolute Gasteiger partial charge is 0.508 e. The Morgan fingerprint density at radius 2 is 1.75 bits per heavy atom. The number of ketones is 1. The molecular formula is C25H30N2O5. The predicted molar refractivity (Wildman–Crippen MR) is 123 cm³/mol. The minimum Gasteiger partial charge on any atom is -0.508 e. The van der Waals surface area contributed by atoms with Gasteiger partial charge in [-0.05, 0) is 61.5 Å². The first-order valence-corrected chi connectivity index (χ1v) is 10.8. The molecule has 0 unspecified atom stereocenters. The van der Waals surface area contributed by atoms with Crippen LogP contribution < -0.4 is 4.74 Å². The predicted octanol–water partition coefficient (Wildman–Crippen LogP) is 3.47. The lowest BCUT2D eigenvalue weighted by Crippen LogP contribution is -2.38. The number of Topliss-reactive ketones (excluding diaryl/α,β-unsaturated/α-hetero) is 1. The summed E-state index contributed by atoms with van der Waals surface area (Å²) in [6, 6.07) is 10.8. The van der Waals surface area contributed by atoms with Crippen LogP contribution in [0.25, 0.3) is 5.76 Å². The summed E-state index contributed by atoms with van der Waals surface area (Å²) in [6.45, 7) is 8.50. The molecule has 2 N–H and O–H groups in total. The van der Waals surface area contributed by atoms with Gasteiger partial charge in [-0.2, -0.15) is 0 Å². The Hall–Kier alpha value is -3.32. The van der Waals surface area contributed by atoms with Gasteiger partial charge < -0.3 is 24.7 Å². The maximum Gasteiger partial charge on any atom is 0.295 e. The van der Waals surface area contributed by atoms with E-state index in [-0.39, 0.29) is 17.1 Å². The summed E-state index contributed by atoms with van der Waals surface area (Å²) in [4.78, 5) is 29.8. The summed E-state index contributed by atoms with van der Waals surface area (Å²) in [5.41, 5.74) is 1.89. The number of phenols is 1. The van der Waals surface area contributed by atoms with Crippen LogP contribution in [0.15, 0.2) is 48.0 Å². The molecule has 1 heterocycles. The van der Waals surface area contributed by atoms with E-state index in [0.29, 0.717) is 30.0 Å². The number of nitrogens with zero attached hydrogens (tertiary/aromatic N) is 2. The maximum absolute atomic E-state index is 13.1. The number of likely N-dealkylation sites (N-methyl/N-ethyl adjacent to an activating group) is 1. The summed E-state index contributed by atoms with van der Waals surface area (Å²) >= 11 is 0. The van der Waals surface area contributed by atoms with Crippen molar-refractivity contribution in [1.29, 1.82) is 0 Å². The highest BCUT2D eigenvalue weighted by molar-refractivity contribution is 6.46. The number of rotatable bonds is 8. The van der Waals surface area contributed by atoms with Crippen LogP contribution in [-0.4, -0.2) is 65.0 Å². The summed E-state index contributed by atoms with van der Waals surface area (Å²) < 4.78 is 5.23. The van der Waals surface area contributed by atoms with Crippen LogP contribution in [0.2, 0.25) is 0 Å². The van der Waals surface area contributed by atoms with E-state index in [9.17, 15) is 19.8 Å². The number of likely N-dealkylation sites (tertiary alicyclic amines) is 1. The van der Waals surface area contributed by atoms with Crippen LogP contribution in [0.1, 0.15) is 36.6 Å². The molecule has 1 aliphatic rings. The van der Waals surface area contributed by atoms with Gasteiger partial charge in [0, 0.05) is 18.7 Å². The second kappa shape index (κ2) is 9.87. The standard InChI is InChI=1S/C25H30N2O5/c1-5-26(6-2)13-14-27-22(17-7-9-18(28)10-8-17)21(24(30)25(27)31)23(29)20-12-11-19(32-4)15-16(20)3/h7-12,15,22,28-29H,5-6,13-14H2,1-4H3/b23-21+/t22-/m0/s1. The molecular weight excluding hydrogens is 408 g/mol. The average Bonchev–Trinajstić information content (AvgIpc) is 3.04. The van der Waals surface area contributed by atoms with Gasteiger partial charge in [-0.15, -0.1) is 0 Å². The molecule has 2 aromatic rings. The first-order chi connectivity index (χ1) is 15.3. The minimum atomic E-state index is -0.743. The number of carbonyl (C=O) groups is 2. The third-order valence-electron chi connectivity index (χ3n) is 5.99.